The van der Waals surface area contributed by atoms with Crippen molar-refractivity contribution in [2.45, 2.75) is 26.2 Å². The number of benzene rings is 2. The number of nitrogen functional groups attached to an aromatic ring is 2. The number of amides is 1. The van der Waals surface area contributed by atoms with Crippen molar-refractivity contribution < 1.29 is 4.79 Å². The molecule has 5 N–H and O–H groups in total. The fourth-order valence-electron chi connectivity index (χ4n) is 2.22. The lowest BCUT2D eigenvalue weighted by Crippen LogP contribution is -2.19. The van der Waals surface area contributed by atoms with Gasteiger partial charge in [-0.15, -0.1) is 0 Å². The van der Waals surface area contributed by atoms with Crippen LogP contribution in [0.2, 0.25) is 0 Å². The molecule has 0 heterocycles. The van der Waals surface area contributed by atoms with Crippen molar-refractivity contribution in [3.05, 3.63) is 53.6 Å². The van der Waals surface area contributed by atoms with E-state index in [1.54, 1.807) is 18.2 Å². The zero-order valence-corrected chi connectivity index (χ0v) is 12.6. The number of nitrogens with one attached hydrogen (secondary N) is 1. The number of anilines is 3. The molecule has 2 rings (SSSR count). The third-order valence-corrected chi connectivity index (χ3v) is 3.30. The first-order valence-electron chi connectivity index (χ1n) is 6.85. The van der Waals surface area contributed by atoms with E-state index in [1.807, 2.05) is 24.3 Å². The molecule has 0 radical (unpaired) electrons. The number of hydrogen-bond donors (Lipinski definition) is 3. The minimum atomic E-state index is -0.232. The molecule has 0 aliphatic rings. The van der Waals surface area contributed by atoms with Gasteiger partial charge < -0.3 is 16.8 Å². The zero-order chi connectivity index (χ0) is 15.6. The standard InChI is InChI=1S/C17H21N3O/c1-17(2,3)13-6-4-5-7-15(13)20-16(21)12-9-8-11(18)10-14(12)19/h4-10H,18-19H2,1-3H3,(H,20,21). The van der Waals surface area contributed by atoms with E-state index in [0.717, 1.165) is 11.3 Å². The summed E-state index contributed by atoms with van der Waals surface area (Å²) in [4.78, 5) is 12.4. The molecule has 1 amide bonds. The van der Waals surface area contributed by atoms with E-state index in [0.29, 0.717) is 16.9 Å². The number of carbonyl (C=O) groups is 1. The van der Waals surface area contributed by atoms with Crippen LogP contribution in [-0.4, -0.2) is 5.91 Å². The van der Waals surface area contributed by atoms with Gasteiger partial charge in [0.05, 0.1) is 5.56 Å². The Balaban J connectivity index is 2.32. The molecule has 0 unspecified atom stereocenters. The monoisotopic (exact) mass is 283 g/mol. The molecule has 2 aromatic carbocycles. The highest BCUT2D eigenvalue weighted by Crippen LogP contribution is 2.29. The molecule has 0 bridgehead atoms. The number of carbonyl (C=O) groups excluding carboxylic acids is 1. The highest BCUT2D eigenvalue weighted by molar-refractivity contribution is 6.08. The maximum Gasteiger partial charge on any atom is 0.257 e. The lowest BCUT2D eigenvalue weighted by atomic mass is 9.86. The molecular weight excluding hydrogens is 262 g/mol. The SMILES string of the molecule is CC(C)(C)c1ccccc1NC(=O)c1ccc(N)cc1N. The third-order valence-electron chi connectivity index (χ3n) is 3.30. The first-order valence-corrected chi connectivity index (χ1v) is 6.85. The molecule has 0 saturated heterocycles. The Hall–Kier alpha value is -2.49. The Morgan fingerprint density at radius 3 is 2.33 bits per heavy atom. The van der Waals surface area contributed by atoms with Gasteiger partial charge in [-0.25, -0.2) is 0 Å². The molecule has 0 atom stereocenters. The molecule has 4 nitrogen and oxygen atoms in total. The lowest BCUT2D eigenvalue weighted by Gasteiger charge is -2.23. The molecule has 2 aromatic rings. The van der Waals surface area contributed by atoms with Crippen LogP contribution in [0.5, 0.6) is 0 Å². The molecule has 0 spiro atoms. The maximum atomic E-state index is 12.4. The van der Waals surface area contributed by atoms with Gasteiger partial charge in [-0.05, 0) is 35.2 Å². The molecule has 0 saturated carbocycles. The topological polar surface area (TPSA) is 81.1 Å². The summed E-state index contributed by atoms with van der Waals surface area (Å²) >= 11 is 0. The average molecular weight is 283 g/mol. The Kier molecular flexibility index (Phi) is 3.89. The van der Waals surface area contributed by atoms with Gasteiger partial charge in [0, 0.05) is 17.1 Å². The van der Waals surface area contributed by atoms with Gasteiger partial charge in [-0.3, -0.25) is 4.79 Å². The van der Waals surface area contributed by atoms with E-state index in [9.17, 15) is 4.79 Å². The van der Waals surface area contributed by atoms with Gasteiger partial charge in [-0.1, -0.05) is 39.0 Å². The summed E-state index contributed by atoms with van der Waals surface area (Å²) in [6.07, 6.45) is 0. The van der Waals surface area contributed by atoms with Crippen molar-refractivity contribution in [3.63, 3.8) is 0 Å². The van der Waals surface area contributed by atoms with Crippen LogP contribution in [-0.2, 0) is 5.41 Å². The molecule has 21 heavy (non-hydrogen) atoms. The van der Waals surface area contributed by atoms with E-state index in [4.69, 9.17) is 11.5 Å². The normalized spacial score (nSPS) is 11.2. The summed E-state index contributed by atoms with van der Waals surface area (Å²) in [6.45, 7) is 6.32. The summed E-state index contributed by atoms with van der Waals surface area (Å²) in [7, 11) is 0. The molecule has 4 heteroatoms. The van der Waals surface area contributed by atoms with E-state index in [1.165, 1.54) is 0 Å². The molecule has 0 aromatic heterocycles. The first kappa shape index (κ1) is 14.9. The van der Waals surface area contributed by atoms with Gasteiger partial charge in [0.15, 0.2) is 0 Å². The number of para-hydroxylation sites is 1. The second-order valence-corrected chi connectivity index (χ2v) is 6.10. The van der Waals surface area contributed by atoms with Crippen molar-refractivity contribution in [1.82, 2.24) is 0 Å². The highest BCUT2D eigenvalue weighted by Gasteiger charge is 2.19. The van der Waals surface area contributed by atoms with Crippen molar-refractivity contribution in [2.24, 2.45) is 0 Å². The number of rotatable bonds is 2. The van der Waals surface area contributed by atoms with E-state index < -0.39 is 0 Å². The predicted molar refractivity (Wildman–Crippen MR) is 88.4 cm³/mol. The maximum absolute atomic E-state index is 12.4. The van der Waals surface area contributed by atoms with Crippen LogP contribution in [0.15, 0.2) is 42.5 Å². The Labute approximate surface area is 125 Å². The van der Waals surface area contributed by atoms with Gasteiger partial charge in [0.25, 0.3) is 5.91 Å². The molecular formula is C17H21N3O. The Morgan fingerprint density at radius 1 is 1.05 bits per heavy atom. The summed E-state index contributed by atoms with van der Waals surface area (Å²) in [5.41, 5.74) is 14.7. The lowest BCUT2D eigenvalue weighted by molar-refractivity contribution is 0.102. The third kappa shape index (κ3) is 3.34. The van der Waals surface area contributed by atoms with Gasteiger partial charge in [0.1, 0.15) is 0 Å². The van der Waals surface area contributed by atoms with Crippen LogP contribution in [0.25, 0.3) is 0 Å². The fraction of sp³-hybridized carbons (Fsp3) is 0.235. The smallest absolute Gasteiger partial charge is 0.257 e. The minimum Gasteiger partial charge on any atom is -0.399 e. The average Bonchev–Trinajstić information content (AvgIpc) is 2.37. The second-order valence-electron chi connectivity index (χ2n) is 6.10. The van der Waals surface area contributed by atoms with E-state index in [-0.39, 0.29) is 11.3 Å². The highest BCUT2D eigenvalue weighted by atomic mass is 16.1. The number of hydrogen-bond acceptors (Lipinski definition) is 3. The van der Waals surface area contributed by atoms with Crippen LogP contribution in [0.3, 0.4) is 0 Å². The summed E-state index contributed by atoms with van der Waals surface area (Å²) in [5, 5.41) is 2.93. The largest absolute Gasteiger partial charge is 0.399 e. The Bertz CT molecular complexity index is 672. The van der Waals surface area contributed by atoms with Crippen LogP contribution in [0.4, 0.5) is 17.1 Å². The summed E-state index contributed by atoms with van der Waals surface area (Å²) in [5.74, 6) is -0.232. The van der Waals surface area contributed by atoms with Crippen LogP contribution < -0.4 is 16.8 Å². The van der Waals surface area contributed by atoms with Crippen LogP contribution in [0, 0.1) is 0 Å². The summed E-state index contributed by atoms with van der Waals surface area (Å²) in [6, 6.07) is 12.7. The number of nitrogens with two attached hydrogens (primary N) is 2. The predicted octanol–water partition coefficient (Wildman–Crippen LogP) is 3.40. The molecule has 0 aliphatic heterocycles. The minimum absolute atomic E-state index is 0.0590. The van der Waals surface area contributed by atoms with Gasteiger partial charge in [-0.2, -0.15) is 0 Å². The summed E-state index contributed by atoms with van der Waals surface area (Å²) < 4.78 is 0. The quantitative estimate of drug-likeness (QED) is 0.739. The van der Waals surface area contributed by atoms with Crippen molar-refractivity contribution in [2.75, 3.05) is 16.8 Å². The van der Waals surface area contributed by atoms with Crippen molar-refractivity contribution in [1.29, 1.82) is 0 Å². The van der Waals surface area contributed by atoms with Crippen LogP contribution >= 0.6 is 0 Å². The van der Waals surface area contributed by atoms with Gasteiger partial charge >= 0.3 is 0 Å². The second kappa shape index (κ2) is 5.48. The molecule has 0 aliphatic carbocycles. The molecule has 110 valence electrons. The van der Waals surface area contributed by atoms with Gasteiger partial charge in [0.2, 0.25) is 0 Å². The fourth-order valence-corrected chi connectivity index (χ4v) is 2.22. The molecule has 0 fully saturated rings. The van der Waals surface area contributed by atoms with Crippen molar-refractivity contribution in [3.8, 4) is 0 Å². The van der Waals surface area contributed by atoms with Crippen LogP contribution in [0.1, 0.15) is 36.7 Å². The Morgan fingerprint density at radius 2 is 1.71 bits per heavy atom. The van der Waals surface area contributed by atoms with E-state index in [2.05, 4.69) is 26.1 Å². The van der Waals surface area contributed by atoms with Crippen molar-refractivity contribution >= 4 is 23.0 Å². The first-order chi connectivity index (χ1) is 9.79. The van der Waals surface area contributed by atoms with E-state index >= 15 is 0 Å². The zero-order valence-electron chi connectivity index (χ0n) is 12.6.